The summed E-state index contributed by atoms with van der Waals surface area (Å²) >= 11 is 2.62. The smallest absolute Gasteiger partial charge is 0.244 e. The largest absolute Gasteiger partial charge is 0.493 e. The normalized spacial score (nSPS) is 15.5. The van der Waals surface area contributed by atoms with E-state index >= 15 is 0 Å². The Hall–Kier alpha value is -1.86. The van der Waals surface area contributed by atoms with E-state index in [0.717, 1.165) is 27.5 Å². The molecule has 0 radical (unpaired) electrons. The number of nitrogens with zero attached hydrogens (tertiary/aromatic N) is 1. The first-order valence-electron chi connectivity index (χ1n) is 6.69. The molecule has 23 heavy (non-hydrogen) atoms. The van der Waals surface area contributed by atoms with Crippen LogP contribution in [-0.2, 0) is 4.79 Å². The number of rotatable bonds is 6. The van der Waals surface area contributed by atoms with Gasteiger partial charge in [0.15, 0.2) is 11.5 Å². The predicted octanol–water partition coefficient (Wildman–Crippen LogP) is 3.60. The van der Waals surface area contributed by atoms with Crippen molar-refractivity contribution in [3.05, 3.63) is 36.0 Å². The van der Waals surface area contributed by atoms with E-state index in [1.165, 1.54) is 11.8 Å². The third-order valence-corrected chi connectivity index (χ3v) is 4.92. The van der Waals surface area contributed by atoms with Crippen LogP contribution in [0.1, 0.15) is 5.56 Å². The first-order chi connectivity index (χ1) is 11.1. The molecule has 122 valence electrons. The molecule has 0 spiro atoms. The lowest BCUT2D eigenvalue weighted by molar-refractivity contribution is -0.107. The van der Waals surface area contributed by atoms with Crippen LogP contribution in [0.25, 0.3) is 6.08 Å². The van der Waals surface area contributed by atoms with Crippen LogP contribution in [0.3, 0.4) is 0 Å². The molecule has 1 aromatic carbocycles. The number of carbonyl (C=O) groups excluding carboxylic acids is 1. The van der Waals surface area contributed by atoms with E-state index in [1.807, 2.05) is 0 Å². The van der Waals surface area contributed by atoms with Crippen molar-refractivity contribution < 1.29 is 19.0 Å². The lowest BCUT2D eigenvalue weighted by atomic mass is 10.1. The molecule has 1 aromatic rings. The van der Waals surface area contributed by atoms with Gasteiger partial charge in [0.25, 0.3) is 0 Å². The van der Waals surface area contributed by atoms with Gasteiger partial charge in [0.05, 0.1) is 21.3 Å². The lowest BCUT2D eigenvalue weighted by Gasteiger charge is -2.12. The number of hydrogen-bond donors (Lipinski definition) is 0. The summed E-state index contributed by atoms with van der Waals surface area (Å²) < 4.78 is 16.6. The maximum atomic E-state index is 12.0. The van der Waals surface area contributed by atoms with Crippen molar-refractivity contribution in [3.63, 3.8) is 0 Å². The van der Waals surface area contributed by atoms with Gasteiger partial charge in [0, 0.05) is 5.75 Å². The zero-order valence-corrected chi connectivity index (χ0v) is 14.8. The summed E-state index contributed by atoms with van der Waals surface area (Å²) in [5.41, 5.74) is 1.15. The van der Waals surface area contributed by atoms with Gasteiger partial charge in [0.1, 0.15) is 10.1 Å². The van der Waals surface area contributed by atoms with E-state index in [0.29, 0.717) is 22.9 Å². The van der Waals surface area contributed by atoms with Gasteiger partial charge in [-0.05, 0) is 35.5 Å². The molecule has 0 atom stereocenters. The maximum Gasteiger partial charge on any atom is 0.244 e. The zero-order chi connectivity index (χ0) is 16.8. The Balaban J connectivity index is 2.36. The van der Waals surface area contributed by atoms with Crippen molar-refractivity contribution >= 4 is 39.1 Å². The number of ether oxygens (including phenoxy) is 3. The number of aliphatic imine (C=N–C) groups is 1. The molecule has 2 rings (SSSR count). The third-order valence-electron chi connectivity index (χ3n) is 2.92. The fourth-order valence-electron chi connectivity index (χ4n) is 1.92. The average molecular weight is 351 g/mol. The summed E-state index contributed by atoms with van der Waals surface area (Å²) in [7, 11) is 4.64. The Kier molecular flexibility index (Phi) is 6.18. The fourth-order valence-corrected chi connectivity index (χ4v) is 3.53. The number of methoxy groups -OCH3 is 3. The first-order valence-corrected chi connectivity index (χ1v) is 8.49. The highest BCUT2D eigenvalue weighted by Gasteiger charge is 2.22. The van der Waals surface area contributed by atoms with Gasteiger partial charge >= 0.3 is 0 Å². The van der Waals surface area contributed by atoms with Gasteiger partial charge in [-0.15, -0.1) is 6.58 Å². The molecule has 0 aliphatic carbocycles. The van der Waals surface area contributed by atoms with Crippen LogP contribution in [0.5, 0.6) is 17.2 Å². The van der Waals surface area contributed by atoms with Crippen LogP contribution in [0.2, 0.25) is 0 Å². The van der Waals surface area contributed by atoms with Gasteiger partial charge in [-0.2, -0.15) is 0 Å². The van der Waals surface area contributed by atoms with Gasteiger partial charge in [0.2, 0.25) is 10.9 Å². The van der Waals surface area contributed by atoms with Crippen LogP contribution in [0.4, 0.5) is 0 Å². The van der Waals surface area contributed by atoms with Gasteiger partial charge in [-0.25, -0.2) is 4.99 Å². The Morgan fingerprint density at radius 3 is 2.39 bits per heavy atom. The Morgan fingerprint density at radius 2 is 1.87 bits per heavy atom. The summed E-state index contributed by atoms with van der Waals surface area (Å²) in [5, 5.41) is -0.0784. The minimum Gasteiger partial charge on any atom is -0.493 e. The summed E-state index contributed by atoms with van der Waals surface area (Å²) in [6.07, 6.45) is 3.49. The number of benzene rings is 1. The van der Waals surface area contributed by atoms with Crippen molar-refractivity contribution in [2.45, 2.75) is 0 Å². The van der Waals surface area contributed by atoms with Crippen molar-refractivity contribution in [2.75, 3.05) is 27.1 Å². The molecule has 0 fully saturated rings. The minimum absolute atomic E-state index is 0.0784. The maximum absolute atomic E-state index is 12.0. The van der Waals surface area contributed by atoms with Crippen molar-refractivity contribution in [2.24, 2.45) is 4.99 Å². The molecular formula is C16H17NO4S2. The molecule has 0 unspecified atom stereocenters. The van der Waals surface area contributed by atoms with Crippen LogP contribution < -0.4 is 14.2 Å². The topological polar surface area (TPSA) is 57.1 Å². The highest BCUT2D eigenvalue weighted by molar-refractivity contribution is 8.45. The van der Waals surface area contributed by atoms with Gasteiger partial charge in [-0.1, -0.05) is 17.8 Å². The monoisotopic (exact) mass is 351 g/mol. The third kappa shape index (κ3) is 4.11. The SMILES string of the molecule is C=CCSC1=N/C(=C\c2cc(OC)c(OC)c(OC)c2)C(=O)S1. The standard InChI is InChI=1S/C16H17NO4S2/c1-5-6-22-16-17-11(15(18)23-16)7-10-8-12(19-2)14(21-4)13(9-10)20-3/h5,7-9H,1,6H2,2-4H3/b11-7-. The Labute approximate surface area is 143 Å². The Bertz CT molecular complexity index is 658. The summed E-state index contributed by atoms with van der Waals surface area (Å²) in [5.74, 6) is 2.29. The summed E-state index contributed by atoms with van der Waals surface area (Å²) in [6, 6.07) is 3.55. The number of hydrogen-bond acceptors (Lipinski definition) is 7. The van der Waals surface area contributed by atoms with E-state index in [2.05, 4.69) is 11.6 Å². The molecule has 1 aliphatic rings. The van der Waals surface area contributed by atoms with Crippen molar-refractivity contribution in [3.8, 4) is 17.2 Å². The number of thioether (sulfide) groups is 2. The van der Waals surface area contributed by atoms with Crippen molar-refractivity contribution in [1.29, 1.82) is 0 Å². The second-order valence-corrected chi connectivity index (χ2v) is 6.58. The second-order valence-electron chi connectivity index (χ2n) is 4.36. The van der Waals surface area contributed by atoms with Crippen LogP contribution in [0, 0.1) is 0 Å². The van der Waals surface area contributed by atoms with Crippen LogP contribution in [0.15, 0.2) is 35.5 Å². The van der Waals surface area contributed by atoms with Crippen LogP contribution in [-0.4, -0.2) is 36.6 Å². The first kappa shape index (κ1) is 17.5. The van der Waals surface area contributed by atoms with E-state index in [1.54, 1.807) is 45.6 Å². The molecule has 0 saturated heterocycles. The van der Waals surface area contributed by atoms with E-state index in [-0.39, 0.29) is 5.12 Å². The molecule has 5 nitrogen and oxygen atoms in total. The van der Waals surface area contributed by atoms with Crippen LogP contribution >= 0.6 is 23.5 Å². The van der Waals surface area contributed by atoms with E-state index in [9.17, 15) is 4.79 Å². The molecule has 0 bridgehead atoms. The second kappa shape index (κ2) is 8.12. The van der Waals surface area contributed by atoms with E-state index in [4.69, 9.17) is 14.2 Å². The summed E-state index contributed by atoms with van der Waals surface area (Å²) in [4.78, 5) is 16.4. The predicted molar refractivity (Wildman–Crippen MR) is 96.8 cm³/mol. The number of carbonyl (C=O) groups is 1. The lowest BCUT2D eigenvalue weighted by Crippen LogP contribution is -1.96. The molecule has 0 aromatic heterocycles. The fraction of sp³-hybridized carbons (Fsp3) is 0.250. The average Bonchev–Trinajstić information content (AvgIpc) is 2.91. The molecule has 1 heterocycles. The Morgan fingerprint density at radius 1 is 1.22 bits per heavy atom. The van der Waals surface area contributed by atoms with Gasteiger partial charge in [-0.3, -0.25) is 4.79 Å². The van der Waals surface area contributed by atoms with Gasteiger partial charge < -0.3 is 14.2 Å². The molecule has 0 amide bonds. The molecule has 0 saturated carbocycles. The minimum atomic E-state index is -0.0784. The van der Waals surface area contributed by atoms with Crippen molar-refractivity contribution in [1.82, 2.24) is 0 Å². The molecule has 1 aliphatic heterocycles. The zero-order valence-electron chi connectivity index (χ0n) is 13.1. The quantitative estimate of drug-likeness (QED) is 0.576. The molecule has 0 N–H and O–H groups in total. The van der Waals surface area contributed by atoms with E-state index < -0.39 is 0 Å². The molecular weight excluding hydrogens is 334 g/mol. The highest BCUT2D eigenvalue weighted by atomic mass is 32.2. The molecule has 7 heteroatoms. The summed E-state index contributed by atoms with van der Waals surface area (Å²) in [6.45, 7) is 3.66. The highest BCUT2D eigenvalue weighted by Crippen LogP contribution is 2.39.